The van der Waals surface area contributed by atoms with Crippen molar-refractivity contribution in [3.8, 4) is 0 Å². The average Bonchev–Trinajstić information content (AvgIpc) is 3.02. The summed E-state index contributed by atoms with van der Waals surface area (Å²) < 4.78 is 6.43. The fraction of sp³-hybridized carbons (Fsp3) is 0.353. The van der Waals surface area contributed by atoms with Gasteiger partial charge in [-0.05, 0) is 36.6 Å². The van der Waals surface area contributed by atoms with E-state index in [0.29, 0.717) is 28.7 Å². The third-order valence-electron chi connectivity index (χ3n) is 5.07. The summed E-state index contributed by atoms with van der Waals surface area (Å²) in [7, 11) is 1.57. The minimum absolute atomic E-state index is 0.0558. The summed E-state index contributed by atoms with van der Waals surface area (Å²) >= 11 is 0. The molecule has 1 fully saturated rings. The van der Waals surface area contributed by atoms with Crippen molar-refractivity contribution in [2.45, 2.75) is 25.5 Å². The summed E-state index contributed by atoms with van der Waals surface area (Å²) in [5.41, 5.74) is 2.04. The molecule has 4 rings (SSSR count). The van der Waals surface area contributed by atoms with Gasteiger partial charge in [-0.15, -0.1) is 0 Å². The van der Waals surface area contributed by atoms with Gasteiger partial charge in [0.15, 0.2) is 5.58 Å². The van der Waals surface area contributed by atoms with Crippen LogP contribution in [0, 0.1) is 5.92 Å². The van der Waals surface area contributed by atoms with Crippen LogP contribution in [0.4, 0.5) is 0 Å². The molecular weight excluding hydrogens is 328 g/mol. The first-order valence-electron chi connectivity index (χ1n) is 7.88. The number of benzene rings is 1. The van der Waals surface area contributed by atoms with Crippen molar-refractivity contribution in [3.05, 3.63) is 40.0 Å². The molecule has 25 heavy (non-hydrogen) atoms. The number of aliphatic hydroxyl groups is 1. The first kappa shape index (κ1) is 15.6. The molecule has 2 aliphatic heterocycles. The normalized spacial score (nSPS) is 23.8. The highest BCUT2D eigenvalue weighted by Gasteiger charge is 2.56. The summed E-state index contributed by atoms with van der Waals surface area (Å²) in [4.78, 5) is 36.9. The number of carboxylic acids is 1. The second kappa shape index (κ2) is 5.06. The molecule has 130 valence electrons. The number of aromatic nitrogens is 1. The van der Waals surface area contributed by atoms with Crippen LogP contribution in [0.2, 0.25) is 0 Å². The zero-order valence-corrected chi connectivity index (χ0v) is 13.6. The van der Waals surface area contributed by atoms with Crippen LogP contribution in [-0.4, -0.2) is 43.7 Å². The van der Waals surface area contributed by atoms with Crippen molar-refractivity contribution in [2.75, 3.05) is 0 Å². The van der Waals surface area contributed by atoms with Crippen LogP contribution in [0.5, 0.6) is 0 Å². The van der Waals surface area contributed by atoms with E-state index in [9.17, 15) is 24.6 Å². The SMILES string of the molecule is C[C@@H](O)[C@H]1C(=O)N2C(C(=O)O)=C(c3ccc4oc(=O)n(C)c4c3)C[C@H]12. The number of hydrogen-bond acceptors (Lipinski definition) is 5. The van der Waals surface area contributed by atoms with Gasteiger partial charge in [0.1, 0.15) is 5.70 Å². The fourth-order valence-corrected chi connectivity index (χ4v) is 3.84. The first-order valence-corrected chi connectivity index (χ1v) is 7.88. The lowest BCUT2D eigenvalue weighted by Crippen LogP contribution is -2.61. The molecule has 2 aliphatic rings. The minimum Gasteiger partial charge on any atom is -0.477 e. The number of carboxylic acid groups (broad SMARTS) is 1. The van der Waals surface area contributed by atoms with Gasteiger partial charge in [0.2, 0.25) is 5.91 Å². The molecule has 8 nitrogen and oxygen atoms in total. The predicted molar refractivity (Wildman–Crippen MR) is 86.4 cm³/mol. The maximum absolute atomic E-state index is 12.3. The Bertz CT molecular complexity index is 1010. The Morgan fingerprint density at radius 3 is 2.72 bits per heavy atom. The third-order valence-corrected chi connectivity index (χ3v) is 5.07. The molecule has 2 aromatic rings. The Hall–Kier alpha value is -2.87. The second-order valence-corrected chi connectivity index (χ2v) is 6.49. The Balaban J connectivity index is 1.84. The molecule has 3 atom stereocenters. The van der Waals surface area contributed by atoms with Gasteiger partial charge in [-0.3, -0.25) is 9.36 Å². The van der Waals surface area contributed by atoms with Crippen LogP contribution < -0.4 is 5.76 Å². The Kier molecular flexibility index (Phi) is 3.17. The molecule has 1 aromatic carbocycles. The van der Waals surface area contributed by atoms with E-state index in [0.717, 1.165) is 0 Å². The Morgan fingerprint density at radius 1 is 1.36 bits per heavy atom. The van der Waals surface area contributed by atoms with Crippen molar-refractivity contribution in [1.29, 1.82) is 0 Å². The average molecular weight is 344 g/mol. The molecule has 8 heteroatoms. The number of aliphatic carboxylic acids is 1. The number of oxazole rings is 1. The second-order valence-electron chi connectivity index (χ2n) is 6.49. The van der Waals surface area contributed by atoms with Gasteiger partial charge in [0, 0.05) is 7.05 Å². The van der Waals surface area contributed by atoms with Crippen LogP contribution in [0.25, 0.3) is 16.7 Å². The summed E-state index contributed by atoms with van der Waals surface area (Å²) in [5, 5.41) is 19.4. The molecule has 1 aromatic heterocycles. The van der Waals surface area contributed by atoms with Crippen molar-refractivity contribution in [2.24, 2.45) is 13.0 Å². The maximum Gasteiger partial charge on any atom is 0.419 e. The highest BCUT2D eigenvalue weighted by atomic mass is 16.4. The van der Waals surface area contributed by atoms with Gasteiger partial charge < -0.3 is 19.5 Å². The van der Waals surface area contributed by atoms with Crippen molar-refractivity contribution >= 4 is 28.5 Å². The number of amides is 1. The third kappa shape index (κ3) is 2.00. The number of nitrogens with zero attached hydrogens (tertiary/aromatic N) is 2. The minimum atomic E-state index is -1.18. The number of hydrogen-bond donors (Lipinski definition) is 2. The highest BCUT2D eigenvalue weighted by molar-refractivity contribution is 6.06. The monoisotopic (exact) mass is 344 g/mol. The molecule has 1 saturated heterocycles. The Morgan fingerprint density at radius 2 is 2.08 bits per heavy atom. The van der Waals surface area contributed by atoms with Gasteiger partial charge in [-0.1, -0.05) is 6.07 Å². The number of rotatable bonds is 3. The smallest absolute Gasteiger partial charge is 0.419 e. The number of β-lactam (4-membered cyclic amide) rings is 1. The molecule has 1 amide bonds. The number of aryl methyl sites for hydroxylation is 1. The van der Waals surface area contributed by atoms with Gasteiger partial charge in [0.05, 0.1) is 23.6 Å². The molecule has 0 bridgehead atoms. The quantitative estimate of drug-likeness (QED) is 0.786. The van der Waals surface area contributed by atoms with Crippen LogP contribution in [-0.2, 0) is 16.6 Å². The highest BCUT2D eigenvalue weighted by Crippen LogP contribution is 2.47. The number of aliphatic hydroxyl groups excluding tert-OH is 1. The van der Waals surface area contributed by atoms with Gasteiger partial charge in [0.25, 0.3) is 0 Å². The van der Waals surface area contributed by atoms with Crippen LogP contribution >= 0.6 is 0 Å². The molecule has 0 saturated carbocycles. The number of carbonyl (C=O) groups excluding carboxylic acids is 1. The van der Waals surface area contributed by atoms with Crippen molar-refractivity contribution in [3.63, 3.8) is 0 Å². The molecule has 2 N–H and O–H groups in total. The van der Waals surface area contributed by atoms with Crippen LogP contribution in [0.1, 0.15) is 18.9 Å². The summed E-state index contributed by atoms with van der Waals surface area (Å²) in [6.45, 7) is 1.53. The van der Waals surface area contributed by atoms with E-state index >= 15 is 0 Å². The molecule has 3 heterocycles. The fourth-order valence-electron chi connectivity index (χ4n) is 3.84. The molecule has 0 radical (unpaired) electrons. The van der Waals surface area contributed by atoms with E-state index < -0.39 is 23.7 Å². The lowest BCUT2D eigenvalue weighted by Gasteiger charge is -2.44. The van der Waals surface area contributed by atoms with Crippen molar-refractivity contribution < 1.29 is 24.2 Å². The number of carbonyl (C=O) groups is 2. The van der Waals surface area contributed by atoms with E-state index in [4.69, 9.17) is 4.42 Å². The van der Waals surface area contributed by atoms with Crippen LogP contribution in [0.3, 0.4) is 0 Å². The topological polar surface area (TPSA) is 113 Å². The van der Waals surface area contributed by atoms with E-state index in [1.54, 1.807) is 25.2 Å². The molecule has 0 aliphatic carbocycles. The first-order chi connectivity index (χ1) is 11.8. The van der Waals surface area contributed by atoms with Gasteiger partial charge in [-0.25, -0.2) is 9.59 Å². The summed E-state index contributed by atoms with van der Waals surface area (Å²) in [6, 6.07) is 4.63. The van der Waals surface area contributed by atoms with E-state index in [1.807, 2.05) is 0 Å². The van der Waals surface area contributed by atoms with Crippen molar-refractivity contribution in [1.82, 2.24) is 9.47 Å². The molecular formula is C17H16N2O6. The maximum atomic E-state index is 12.3. The summed E-state index contributed by atoms with van der Waals surface area (Å²) in [5.74, 6) is -2.65. The number of fused-ring (bicyclic) bond motifs is 2. The predicted octanol–water partition coefficient (Wildman–Crippen LogP) is 0.539. The van der Waals surface area contributed by atoms with Gasteiger partial charge >= 0.3 is 11.7 Å². The zero-order chi connectivity index (χ0) is 18.0. The zero-order valence-electron chi connectivity index (χ0n) is 13.6. The molecule has 0 unspecified atom stereocenters. The largest absolute Gasteiger partial charge is 0.477 e. The van der Waals surface area contributed by atoms with Crippen LogP contribution in [0.15, 0.2) is 33.1 Å². The van der Waals surface area contributed by atoms with E-state index in [-0.39, 0.29) is 17.6 Å². The van der Waals surface area contributed by atoms with E-state index in [2.05, 4.69) is 0 Å². The summed E-state index contributed by atoms with van der Waals surface area (Å²) in [6.07, 6.45) is -0.486. The Labute approximate surface area is 141 Å². The molecule has 0 spiro atoms. The van der Waals surface area contributed by atoms with Gasteiger partial charge in [-0.2, -0.15) is 0 Å². The lowest BCUT2D eigenvalue weighted by molar-refractivity contribution is -0.161. The standard InChI is InChI=1S/C17H16N2O6/c1-7(20)13-11-6-9(14(16(22)23)19(11)15(13)21)8-3-4-12-10(5-8)18(2)17(24)25-12/h3-5,7,11,13,20H,6H2,1-2H3,(H,22,23)/t7-,11-,13-/m1/s1. The van der Waals surface area contributed by atoms with E-state index in [1.165, 1.54) is 16.4 Å². The lowest BCUT2D eigenvalue weighted by atomic mass is 9.82.